The molecule has 1 saturated heterocycles. The second-order valence-corrected chi connectivity index (χ2v) is 11.6. The Labute approximate surface area is 238 Å². The number of benzene rings is 2. The van der Waals surface area contributed by atoms with Crippen molar-refractivity contribution in [3.63, 3.8) is 0 Å². The first-order chi connectivity index (χ1) is 19.2. The van der Waals surface area contributed by atoms with Gasteiger partial charge in [-0.3, -0.25) is 0 Å². The molecule has 2 N–H and O–H groups in total. The van der Waals surface area contributed by atoms with Crippen LogP contribution >= 0.6 is 11.6 Å². The summed E-state index contributed by atoms with van der Waals surface area (Å²) in [5.41, 5.74) is 10.5. The number of halogens is 1. The minimum atomic E-state index is -4.10. The van der Waals surface area contributed by atoms with Crippen LogP contribution in [0.1, 0.15) is 34.9 Å². The zero-order valence-corrected chi connectivity index (χ0v) is 23.9. The number of aromatic nitrogens is 2. The number of guanidine groups is 1. The number of nitrogens with two attached hydrogens (primary N) is 1. The summed E-state index contributed by atoms with van der Waals surface area (Å²) in [5.74, 6) is -0.197. The molecule has 5 rings (SSSR count). The normalized spacial score (nSPS) is 19.5. The number of nitrogens with zero attached hydrogens (tertiary/aromatic N) is 7. The highest BCUT2D eigenvalue weighted by Crippen LogP contribution is 2.30. The molecule has 2 aliphatic rings. The molecule has 0 bridgehead atoms. The molecule has 0 radical (unpaired) electrons. The number of hydrogen-bond donors (Lipinski definition) is 1. The van der Waals surface area contributed by atoms with Crippen LogP contribution in [0.3, 0.4) is 0 Å². The van der Waals surface area contributed by atoms with Crippen LogP contribution in [0.15, 0.2) is 75.2 Å². The van der Waals surface area contributed by atoms with Crippen molar-refractivity contribution in [2.75, 3.05) is 32.8 Å². The maximum absolute atomic E-state index is 13.4. The Morgan fingerprint density at radius 1 is 1.05 bits per heavy atom. The SMILES string of the molecule is Cc1cc(C)n(/C(N)=N/C(=N\S(=O)(=O)N2CCOCC2)N2CCC(c3ccccc3)C(c3ccc(Cl)cc3)=N2)n1. The summed E-state index contributed by atoms with van der Waals surface area (Å²) in [7, 11) is -4.10. The largest absolute Gasteiger partial charge is 0.379 e. The topological polar surface area (TPSA) is 131 Å². The lowest BCUT2D eigenvalue weighted by Crippen LogP contribution is -2.42. The lowest BCUT2D eigenvalue weighted by molar-refractivity contribution is 0.0730. The molecule has 3 aromatic rings. The van der Waals surface area contributed by atoms with Gasteiger partial charge in [0.1, 0.15) is 0 Å². The van der Waals surface area contributed by atoms with E-state index >= 15 is 0 Å². The molecule has 13 heteroatoms. The Hall–Kier alpha value is -3.58. The van der Waals surface area contributed by atoms with Gasteiger partial charge in [0.25, 0.3) is 5.96 Å². The Balaban J connectivity index is 1.62. The highest BCUT2D eigenvalue weighted by molar-refractivity contribution is 7.87. The van der Waals surface area contributed by atoms with Crippen LogP contribution in [0.25, 0.3) is 0 Å². The summed E-state index contributed by atoms with van der Waals surface area (Å²) in [6.07, 6.45) is 0.636. The number of morpholine rings is 1. The van der Waals surface area contributed by atoms with Crippen LogP contribution in [0.5, 0.6) is 0 Å². The third kappa shape index (κ3) is 6.25. The van der Waals surface area contributed by atoms with Crippen LogP contribution in [0, 0.1) is 13.8 Å². The number of aliphatic imine (C=N–C) groups is 1. The Morgan fingerprint density at radius 2 is 1.75 bits per heavy atom. The fourth-order valence-corrected chi connectivity index (χ4v) is 5.94. The molecule has 1 atom stereocenters. The van der Waals surface area contributed by atoms with Crippen molar-refractivity contribution in [2.45, 2.75) is 26.2 Å². The van der Waals surface area contributed by atoms with E-state index in [1.807, 2.05) is 50.2 Å². The molecule has 0 amide bonds. The number of ether oxygens (including phenoxy) is 1. The summed E-state index contributed by atoms with van der Waals surface area (Å²) in [5, 5.41) is 11.4. The molecule has 210 valence electrons. The fraction of sp³-hybridized carbons (Fsp3) is 0.333. The van der Waals surface area contributed by atoms with Crippen LogP contribution in [0.4, 0.5) is 0 Å². The van der Waals surface area contributed by atoms with Gasteiger partial charge in [-0.05, 0) is 49.6 Å². The lowest BCUT2D eigenvalue weighted by atomic mass is 9.86. The van der Waals surface area contributed by atoms with Crippen LogP contribution in [0.2, 0.25) is 5.02 Å². The molecule has 40 heavy (non-hydrogen) atoms. The van der Waals surface area contributed by atoms with Crippen molar-refractivity contribution in [3.05, 3.63) is 88.2 Å². The van der Waals surface area contributed by atoms with Crippen LogP contribution < -0.4 is 5.73 Å². The molecule has 2 aliphatic heterocycles. The van der Waals surface area contributed by atoms with Crippen molar-refractivity contribution in [2.24, 2.45) is 20.2 Å². The third-order valence-electron chi connectivity index (χ3n) is 6.70. The zero-order chi connectivity index (χ0) is 28.3. The quantitative estimate of drug-likeness (QED) is 0.371. The predicted molar refractivity (Wildman–Crippen MR) is 156 cm³/mol. The first-order valence-corrected chi connectivity index (χ1v) is 14.7. The van der Waals surface area contributed by atoms with E-state index in [1.165, 1.54) is 14.0 Å². The molecule has 1 aromatic heterocycles. The van der Waals surface area contributed by atoms with Crippen molar-refractivity contribution in [1.82, 2.24) is 19.1 Å². The molecule has 3 heterocycles. The van der Waals surface area contributed by atoms with Crippen molar-refractivity contribution < 1.29 is 13.2 Å². The van der Waals surface area contributed by atoms with Gasteiger partial charge in [-0.25, -0.2) is 9.69 Å². The maximum atomic E-state index is 13.4. The fourth-order valence-electron chi connectivity index (χ4n) is 4.75. The molecule has 2 aromatic carbocycles. The summed E-state index contributed by atoms with van der Waals surface area (Å²) in [4.78, 5) is 4.47. The van der Waals surface area contributed by atoms with Crippen molar-refractivity contribution in [1.29, 1.82) is 0 Å². The highest BCUT2D eigenvalue weighted by atomic mass is 35.5. The van der Waals surface area contributed by atoms with E-state index in [1.54, 1.807) is 12.1 Å². The average Bonchev–Trinajstić information content (AvgIpc) is 3.31. The van der Waals surface area contributed by atoms with Gasteiger partial charge in [-0.2, -0.15) is 27.9 Å². The van der Waals surface area contributed by atoms with Gasteiger partial charge in [-0.15, -0.1) is 4.40 Å². The number of hydrazone groups is 1. The first kappa shape index (κ1) is 28.0. The summed E-state index contributed by atoms with van der Waals surface area (Å²) < 4.78 is 38.9. The van der Waals surface area contributed by atoms with Gasteiger partial charge >= 0.3 is 10.2 Å². The summed E-state index contributed by atoms with van der Waals surface area (Å²) in [6, 6.07) is 19.3. The monoisotopic (exact) mass is 582 g/mol. The lowest BCUT2D eigenvalue weighted by Gasteiger charge is -2.31. The Bertz CT molecular complexity index is 1550. The van der Waals surface area contributed by atoms with Crippen LogP contribution in [-0.4, -0.2) is 78.0 Å². The molecule has 0 spiro atoms. The zero-order valence-electron chi connectivity index (χ0n) is 22.3. The third-order valence-corrected chi connectivity index (χ3v) is 8.36. The van der Waals surface area contributed by atoms with E-state index in [0.717, 1.165) is 28.2 Å². The van der Waals surface area contributed by atoms with Crippen molar-refractivity contribution >= 4 is 39.4 Å². The standard InChI is InChI=1S/C27H31ClN8O3S/c1-19-18-20(2)36(31-19)26(29)30-27(33-40(37,38)34-14-16-39-17-15-34)35-13-12-24(21-6-4-3-5-7-21)25(32-35)22-8-10-23(28)11-9-22/h3-11,18,24H,12-17H2,1-2H3,(H2,29,30,33). The van der Waals surface area contributed by atoms with Crippen LogP contribution in [-0.2, 0) is 14.9 Å². The minimum absolute atomic E-state index is 0.0186. The van der Waals surface area contributed by atoms with E-state index in [4.69, 9.17) is 27.2 Å². The highest BCUT2D eigenvalue weighted by Gasteiger charge is 2.31. The van der Waals surface area contributed by atoms with E-state index in [-0.39, 0.29) is 30.9 Å². The van der Waals surface area contributed by atoms with Crippen molar-refractivity contribution in [3.8, 4) is 0 Å². The van der Waals surface area contributed by atoms with Gasteiger partial charge in [0.15, 0.2) is 0 Å². The number of aryl methyl sites for hydroxylation is 2. The maximum Gasteiger partial charge on any atom is 0.325 e. The van der Waals surface area contributed by atoms with Gasteiger partial charge in [0.2, 0.25) is 5.96 Å². The molecule has 1 fully saturated rings. The second-order valence-electron chi connectivity index (χ2n) is 9.56. The first-order valence-electron chi connectivity index (χ1n) is 12.9. The second kappa shape index (κ2) is 11.9. The van der Waals surface area contributed by atoms with E-state index in [0.29, 0.717) is 31.2 Å². The van der Waals surface area contributed by atoms with E-state index in [2.05, 4.69) is 26.6 Å². The van der Waals surface area contributed by atoms with Gasteiger partial charge in [-0.1, -0.05) is 54.1 Å². The van der Waals surface area contributed by atoms with Gasteiger partial charge in [0.05, 0.1) is 24.6 Å². The molecule has 0 saturated carbocycles. The number of rotatable bonds is 4. The molecule has 1 unspecified atom stereocenters. The Kier molecular flexibility index (Phi) is 8.31. The molecule has 0 aliphatic carbocycles. The molecule has 11 nitrogen and oxygen atoms in total. The summed E-state index contributed by atoms with van der Waals surface area (Å²) in [6.45, 7) is 5.03. The molecular formula is C27H31ClN8O3S. The molecular weight excluding hydrogens is 552 g/mol. The average molecular weight is 583 g/mol. The smallest absolute Gasteiger partial charge is 0.325 e. The Morgan fingerprint density at radius 3 is 2.40 bits per heavy atom. The minimum Gasteiger partial charge on any atom is -0.379 e. The van der Waals surface area contributed by atoms with E-state index in [9.17, 15) is 8.42 Å². The van der Waals surface area contributed by atoms with Gasteiger partial charge in [0, 0.05) is 36.3 Å². The predicted octanol–water partition coefficient (Wildman–Crippen LogP) is 3.14. The van der Waals surface area contributed by atoms with Gasteiger partial charge < -0.3 is 10.5 Å². The number of hydrogen-bond acceptors (Lipinski definition) is 5. The van der Waals surface area contributed by atoms with E-state index < -0.39 is 10.2 Å². The summed E-state index contributed by atoms with van der Waals surface area (Å²) >= 11 is 6.17.